The summed E-state index contributed by atoms with van der Waals surface area (Å²) < 4.78 is 7.30. The molecule has 0 radical (unpaired) electrons. The fourth-order valence-electron chi connectivity index (χ4n) is 2.10. The summed E-state index contributed by atoms with van der Waals surface area (Å²) in [6.45, 7) is 3.08. The third kappa shape index (κ3) is 2.97. The lowest BCUT2D eigenvalue weighted by Gasteiger charge is -2.03. The summed E-state index contributed by atoms with van der Waals surface area (Å²) in [5.41, 5.74) is 2.78. The van der Waals surface area contributed by atoms with Crippen molar-refractivity contribution in [2.45, 2.75) is 20.0 Å². The van der Waals surface area contributed by atoms with E-state index in [9.17, 15) is 0 Å². The van der Waals surface area contributed by atoms with Crippen LogP contribution in [-0.4, -0.2) is 31.7 Å². The zero-order valence-corrected chi connectivity index (χ0v) is 11.7. The van der Waals surface area contributed by atoms with E-state index in [0.29, 0.717) is 13.1 Å². The van der Waals surface area contributed by atoms with Gasteiger partial charge in [0.05, 0.1) is 31.2 Å². The Balaban J connectivity index is 1.69. The van der Waals surface area contributed by atoms with E-state index in [-0.39, 0.29) is 6.61 Å². The topological polar surface area (TPSA) is 91.9 Å². The molecule has 0 fully saturated rings. The van der Waals surface area contributed by atoms with E-state index in [1.54, 1.807) is 17.1 Å². The summed E-state index contributed by atoms with van der Waals surface area (Å²) in [6.07, 6.45) is 5.36. The molecule has 0 aliphatic heterocycles. The van der Waals surface area contributed by atoms with Gasteiger partial charge in [0.25, 0.3) is 0 Å². The van der Waals surface area contributed by atoms with Crippen molar-refractivity contribution < 1.29 is 9.52 Å². The Hall–Kier alpha value is -2.54. The highest BCUT2D eigenvalue weighted by Gasteiger charge is 2.11. The van der Waals surface area contributed by atoms with Gasteiger partial charge in [0.15, 0.2) is 5.76 Å². The van der Waals surface area contributed by atoms with E-state index in [0.717, 1.165) is 28.5 Å². The van der Waals surface area contributed by atoms with Gasteiger partial charge in [0.2, 0.25) is 0 Å². The molecule has 0 unspecified atom stereocenters. The smallest absolute Gasteiger partial charge is 0.152 e. The number of aryl methyl sites for hydroxylation is 1. The van der Waals surface area contributed by atoms with Gasteiger partial charge < -0.3 is 14.8 Å². The van der Waals surface area contributed by atoms with Gasteiger partial charge >= 0.3 is 0 Å². The minimum absolute atomic E-state index is 0.0742. The molecule has 7 heteroatoms. The van der Waals surface area contributed by atoms with Gasteiger partial charge in [-0.05, 0) is 19.1 Å². The normalized spacial score (nSPS) is 11.0. The number of hydrogen-bond donors (Lipinski definition) is 3. The van der Waals surface area contributed by atoms with Crippen molar-refractivity contribution in [1.82, 2.24) is 20.0 Å². The first-order chi connectivity index (χ1) is 10.3. The highest BCUT2D eigenvalue weighted by molar-refractivity contribution is 5.57. The van der Waals surface area contributed by atoms with E-state index >= 15 is 0 Å². The fraction of sp³-hybridized carbons (Fsp3) is 0.286. The quantitative estimate of drug-likeness (QED) is 0.642. The average molecular weight is 287 g/mol. The van der Waals surface area contributed by atoms with Crippen molar-refractivity contribution in [1.29, 1.82) is 0 Å². The summed E-state index contributed by atoms with van der Waals surface area (Å²) in [5, 5.41) is 23.3. The molecule has 3 aromatic rings. The first-order valence-corrected chi connectivity index (χ1v) is 6.72. The number of hydrogen-bond acceptors (Lipinski definition) is 5. The molecule has 3 heterocycles. The third-order valence-corrected chi connectivity index (χ3v) is 3.15. The molecule has 0 spiro atoms. The summed E-state index contributed by atoms with van der Waals surface area (Å²) in [4.78, 5) is 0. The van der Waals surface area contributed by atoms with Crippen molar-refractivity contribution in [3.8, 4) is 11.5 Å². The highest BCUT2D eigenvalue weighted by atomic mass is 16.3. The standard InChI is InChI=1S/C14H17N5O2/c1-10-2-3-13(21-10)14-11(7-16-18-14)6-15-12-8-17-19(9-12)4-5-20/h2-3,7-9,15,20H,4-6H2,1H3,(H,16,18). The van der Waals surface area contributed by atoms with Crippen LogP contribution in [0.2, 0.25) is 0 Å². The summed E-state index contributed by atoms with van der Waals surface area (Å²) in [7, 11) is 0. The highest BCUT2D eigenvalue weighted by Crippen LogP contribution is 2.23. The van der Waals surface area contributed by atoms with Crippen LogP contribution in [0.1, 0.15) is 11.3 Å². The molecule has 0 atom stereocenters. The van der Waals surface area contributed by atoms with Gasteiger partial charge in [-0.3, -0.25) is 9.78 Å². The van der Waals surface area contributed by atoms with Crippen LogP contribution in [0, 0.1) is 6.92 Å². The molecule has 110 valence electrons. The first-order valence-electron chi connectivity index (χ1n) is 6.72. The second-order valence-electron chi connectivity index (χ2n) is 4.75. The second kappa shape index (κ2) is 5.84. The molecule has 7 nitrogen and oxygen atoms in total. The summed E-state index contributed by atoms with van der Waals surface area (Å²) in [5.74, 6) is 1.64. The van der Waals surface area contributed by atoms with Crippen molar-refractivity contribution in [3.05, 3.63) is 42.0 Å². The molecular formula is C14H17N5O2. The van der Waals surface area contributed by atoms with Crippen molar-refractivity contribution in [2.75, 3.05) is 11.9 Å². The van der Waals surface area contributed by atoms with Crippen LogP contribution in [0.5, 0.6) is 0 Å². The molecule has 0 amide bonds. The first kappa shape index (κ1) is 13.4. The minimum Gasteiger partial charge on any atom is -0.460 e. The van der Waals surface area contributed by atoms with Crippen LogP contribution < -0.4 is 5.32 Å². The molecule has 0 bridgehead atoms. The van der Waals surface area contributed by atoms with E-state index in [4.69, 9.17) is 9.52 Å². The monoisotopic (exact) mass is 287 g/mol. The van der Waals surface area contributed by atoms with Crippen LogP contribution in [0.25, 0.3) is 11.5 Å². The fourth-order valence-corrected chi connectivity index (χ4v) is 2.10. The summed E-state index contributed by atoms with van der Waals surface area (Å²) >= 11 is 0. The Kier molecular flexibility index (Phi) is 3.74. The van der Waals surface area contributed by atoms with Crippen LogP contribution in [-0.2, 0) is 13.1 Å². The Morgan fingerprint density at radius 1 is 1.38 bits per heavy atom. The largest absolute Gasteiger partial charge is 0.460 e. The Labute approximate surface area is 121 Å². The molecule has 21 heavy (non-hydrogen) atoms. The SMILES string of the molecule is Cc1ccc(-c2[nH]ncc2CNc2cnn(CCO)c2)o1. The summed E-state index contributed by atoms with van der Waals surface area (Å²) in [6, 6.07) is 3.85. The van der Waals surface area contributed by atoms with Crippen LogP contribution in [0.15, 0.2) is 35.1 Å². The lowest BCUT2D eigenvalue weighted by Crippen LogP contribution is -2.02. The van der Waals surface area contributed by atoms with Crippen molar-refractivity contribution in [3.63, 3.8) is 0 Å². The maximum Gasteiger partial charge on any atom is 0.152 e. The minimum atomic E-state index is 0.0742. The number of nitrogens with zero attached hydrogens (tertiary/aromatic N) is 3. The van der Waals surface area contributed by atoms with E-state index in [2.05, 4.69) is 20.6 Å². The molecule has 0 saturated carbocycles. The molecule has 3 aromatic heterocycles. The number of aromatic nitrogens is 4. The predicted molar refractivity (Wildman–Crippen MR) is 77.7 cm³/mol. The second-order valence-corrected chi connectivity index (χ2v) is 4.75. The van der Waals surface area contributed by atoms with Gasteiger partial charge in [-0.15, -0.1) is 0 Å². The molecule has 3 rings (SSSR count). The molecule has 0 aliphatic carbocycles. The van der Waals surface area contributed by atoms with Crippen LogP contribution in [0.3, 0.4) is 0 Å². The number of aromatic amines is 1. The van der Waals surface area contributed by atoms with E-state index in [1.807, 2.05) is 25.3 Å². The van der Waals surface area contributed by atoms with Crippen LogP contribution in [0.4, 0.5) is 5.69 Å². The molecule has 0 aromatic carbocycles. The number of furan rings is 1. The third-order valence-electron chi connectivity index (χ3n) is 3.15. The number of rotatable bonds is 6. The zero-order valence-electron chi connectivity index (χ0n) is 11.7. The number of anilines is 1. The van der Waals surface area contributed by atoms with E-state index in [1.165, 1.54) is 0 Å². The molecule has 3 N–H and O–H groups in total. The maximum atomic E-state index is 8.87. The Morgan fingerprint density at radius 3 is 3.05 bits per heavy atom. The maximum absolute atomic E-state index is 8.87. The van der Waals surface area contributed by atoms with Crippen molar-refractivity contribution in [2.24, 2.45) is 0 Å². The molecular weight excluding hydrogens is 270 g/mol. The number of aliphatic hydroxyl groups excluding tert-OH is 1. The lowest BCUT2D eigenvalue weighted by atomic mass is 10.2. The van der Waals surface area contributed by atoms with Gasteiger partial charge in [0.1, 0.15) is 11.5 Å². The Bertz CT molecular complexity index is 712. The van der Waals surface area contributed by atoms with Crippen molar-refractivity contribution >= 4 is 5.69 Å². The van der Waals surface area contributed by atoms with E-state index < -0.39 is 0 Å². The van der Waals surface area contributed by atoms with Gasteiger partial charge in [-0.1, -0.05) is 0 Å². The average Bonchev–Trinajstić information content (AvgIpc) is 3.17. The van der Waals surface area contributed by atoms with Crippen LogP contribution >= 0.6 is 0 Å². The van der Waals surface area contributed by atoms with Gasteiger partial charge in [-0.2, -0.15) is 10.2 Å². The zero-order chi connectivity index (χ0) is 14.7. The number of nitrogens with one attached hydrogen (secondary N) is 2. The predicted octanol–water partition coefficient (Wildman–Crippen LogP) is 1.78. The van der Waals surface area contributed by atoms with Gasteiger partial charge in [-0.25, -0.2) is 0 Å². The Morgan fingerprint density at radius 2 is 2.29 bits per heavy atom. The van der Waals surface area contributed by atoms with Gasteiger partial charge in [0, 0.05) is 18.3 Å². The molecule has 0 saturated heterocycles. The number of aliphatic hydroxyl groups is 1. The lowest BCUT2D eigenvalue weighted by molar-refractivity contribution is 0.269. The molecule has 0 aliphatic rings. The number of H-pyrrole nitrogens is 1.